The van der Waals surface area contributed by atoms with Crippen molar-refractivity contribution in [3.63, 3.8) is 0 Å². The van der Waals surface area contributed by atoms with Gasteiger partial charge in [0.1, 0.15) is 11.6 Å². The Hall–Kier alpha value is -1.59. The van der Waals surface area contributed by atoms with Gasteiger partial charge in [0.2, 0.25) is 0 Å². The summed E-state index contributed by atoms with van der Waals surface area (Å²) in [5, 5.41) is 17.0. The third-order valence-corrected chi connectivity index (χ3v) is 1.78. The first-order valence-electron chi connectivity index (χ1n) is 3.16. The molecule has 0 amide bonds. The van der Waals surface area contributed by atoms with Crippen LogP contribution in [0.5, 0.6) is 0 Å². The maximum atomic E-state index is 10.6. The zero-order valence-electron chi connectivity index (χ0n) is 6.72. The van der Waals surface area contributed by atoms with Crippen LogP contribution in [-0.2, 0) is 17.3 Å². The molecule has 0 fully saturated rings. The maximum absolute atomic E-state index is 10.6. The van der Waals surface area contributed by atoms with Gasteiger partial charge in [-0.25, -0.2) is 5.14 Å². The molecule has 1 aromatic heterocycles. The summed E-state index contributed by atoms with van der Waals surface area (Å²) in [5.74, 6) is 0.0602. The lowest BCUT2D eigenvalue weighted by Crippen LogP contribution is -2.23. The monoisotopic (exact) mass is 201 g/mol. The molecule has 0 aromatic carbocycles. The first-order chi connectivity index (χ1) is 5.94. The summed E-state index contributed by atoms with van der Waals surface area (Å²) in [5.41, 5.74) is 0.122. The average molecular weight is 201 g/mol. The van der Waals surface area contributed by atoms with E-state index in [0.717, 1.165) is 0 Å². The second kappa shape index (κ2) is 3.04. The molecule has 0 radical (unpaired) electrons. The average Bonchev–Trinajstić information content (AvgIpc) is 2.30. The minimum Gasteiger partial charge on any atom is -0.254 e. The van der Waals surface area contributed by atoms with Crippen LogP contribution in [0.2, 0.25) is 0 Å². The highest BCUT2D eigenvalue weighted by molar-refractivity contribution is 7.90. The number of hydrogen-bond acceptors (Lipinski definition) is 4. The van der Waals surface area contributed by atoms with Gasteiger partial charge in [0.25, 0.3) is 10.2 Å². The number of nitrogens with zero attached hydrogens (tertiary/aromatic N) is 3. The number of aryl methyl sites for hydroxylation is 1. The lowest BCUT2D eigenvalue weighted by atomic mass is 10.4. The molecule has 0 aliphatic carbocycles. The van der Waals surface area contributed by atoms with Crippen molar-refractivity contribution in [2.45, 2.75) is 0 Å². The molecule has 0 aliphatic rings. The van der Waals surface area contributed by atoms with Crippen LogP contribution in [0, 0.1) is 11.3 Å². The summed E-state index contributed by atoms with van der Waals surface area (Å²) >= 11 is 0. The van der Waals surface area contributed by atoms with E-state index in [0.29, 0.717) is 0 Å². The highest BCUT2D eigenvalue weighted by atomic mass is 32.2. The normalized spacial score (nSPS) is 10.8. The zero-order valence-corrected chi connectivity index (χ0v) is 7.54. The van der Waals surface area contributed by atoms with Gasteiger partial charge in [0.05, 0.1) is 6.20 Å². The fraction of sp³-hybridized carbons (Fsp3) is 0.200. The molecule has 0 spiro atoms. The lowest BCUT2D eigenvalue weighted by Gasteiger charge is -2.02. The summed E-state index contributed by atoms with van der Waals surface area (Å²) in [6, 6.07) is 1.77. The van der Waals surface area contributed by atoms with Crippen LogP contribution in [0.4, 0.5) is 5.82 Å². The Morgan fingerprint density at radius 3 is 2.85 bits per heavy atom. The Bertz CT molecular complexity index is 454. The van der Waals surface area contributed by atoms with Crippen LogP contribution in [0.15, 0.2) is 6.20 Å². The van der Waals surface area contributed by atoms with Gasteiger partial charge in [0.15, 0.2) is 5.82 Å². The molecule has 1 aromatic rings. The van der Waals surface area contributed by atoms with Gasteiger partial charge >= 0.3 is 0 Å². The Labute approximate surface area is 74.9 Å². The van der Waals surface area contributed by atoms with Crippen molar-refractivity contribution in [2.24, 2.45) is 12.2 Å². The van der Waals surface area contributed by atoms with Crippen LogP contribution in [0.25, 0.3) is 0 Å². The molecule has 1 rings (SSSR count). The number of aromatic nitrogens is 2. The minimum absolute atomic E-state index is 0.0602. The van der Waals surface area contributed by atoms with E-state index in [2.05, 4.69) is 5.10 Å². The number of anilines is 1. The van der Waals surface area contributed by atoms with Crippen molar-refractivity contribution in [1.29, 1.82) is 5.26 Å². The summed E-state index contributed by atoms with van der Waals surface area (Å²) in [7, 11) is -2.37. The van der Waals surface area contributed by atoms with Gasteiger partial charge < -0.3 is 0 Å². The van der Waals surface area contributed by atoms with Crippen LogP contribution >= 0.6 is 0 Å². The van der Waals surface area contributed by atoms with Crippen LogP contribution in [0.3, 0.4) is 0 Å². The predicted molar refractivity (Wildman–Crippen MR) is 44.7 cm³/mol. The molecule has 0 aliphatic heterocycles. The van der Waals surface area contributed by atoms with Crippen molar-refractivity contribution in [3.05, 3.63) is 11.8 Å². The van der Waals surface area contributed by atoms with E-state index in [1.165, 1.54) is 17.9 Å². The molecule has 8 heteroatoms. The third kappa shape index (κ3) is 2.17. The molecule has 3 N–H and O–H groups in total. The Balaban J connectivity index is 3.15. The highest BCUT2D eigenvalue weighted by Gasteiger charge is 2.11. The summed E-state index contributed by atoms with van der Waals surface area (Å²) in [6.07, 6.45) is 1.24. The quantitative estimate of drug-likeness (QED) is 0.632. The molecule has 0 atom stereocenters. The van der Waals surface area contributed by atoms with Crippen molar-refractivity contribution >= 4 is 16.0 Å². The Morgan fingerprint density at radius 2 is 2.38 bits per heavy atom. The first kappa shape index (κ1) is 9.50. The van der Waals surface area contributed by atoms with E-state index < -0.39 is 10.2 Å². The molecule has 0 saturated heterocycles. The zero-order chi connectivity index (χ0) is 10.1. The van der Waals surface area contributed by atoms with Gasteiger partial charge in [-0.3, -0.25) is 9.40 Å². The Morgan fingerprint density at radius 1 is 1.77 bits per heavy atom. The molecule has 0 saturated carbocycles. The summed E-state index contributed by atoms with van der Waals surface area (Å²) in [6.45, 7) is 0. The molecule has 7 nitrogen and oxygen atoms in total. The van der Waals surface area contributed by atoms with Crippen LogP contribution < -0.4 is 9.86 Å². The SMILES string of the molecule is Cn1ncc(C#N)c1NS(N)(=O)=O. The van der Waals surface area contributed by atoms with E-state index in [1.54, 1.807) is 6.07 Å². The van der Waals surface area contributed by atoms with E-state index in [-0.39, 0.29) is 11.4 Å². The molecule has 0 unspecified atom stereocenters. The van der Waals surface area contributed by atoms with E-state index in [9.17, 15) is 8.42 Å². The molecule has 1 heterocycles. The van der Waals surface area contributed by atoms with Crippen molar-refractivity contribution < 1.29 is 8.42 Å². The smallest absolute Gasteiger partial charge is 0.254 e. The molecule has 0 bridgehead atoms. The first-order valence-corrected chi connectivity index (χ1v) is 4.71. The highest BCUT2D eigenvalue weighted by Crippen LogP contribution is 2.12. The van der Waals surface area contributed by atoms with Gasteiger partial charge in [-0.05, 0) is 0 Å². The number of rotatable bonds is 2. The number of nitrogens with two attached hydrogens (primary N) is 1. The van der Waals surface area contributed by atoms with Crippen LogP contribution in [0.1, 0.15) is 5.56 Å². The summed E-state index contributed by atoms with van der Waals surface area (Å²) < 4.78 is 24.5. The molecular weight excluding hydrogens is 194 g/mol. The van der Waals surface area contributed by atoms with Gasteiger partial charge in [-0.2, -0.15) is 18.8 Å². The second-order valence-corrected chi connectivity index (χ2v) is 3.58. The van der Waals surface area contributed by atoms with Gasteiger partial charge in [-0.15, -0.1) is 0 Å². The maximum Gasteiger partial charge on any atom is 0.297 e. The fourth-order valence-electron chi connectivity index (χ4n) is 0.775. The van der Waals surface area contributed by atoms with Crippen molar-refractivity contribution in [1.82, 2.24) is 9.78 Å². The van der Waals surface area contributed by atoms with Crippen LogP contribution in [-0.4, -0.2) is 18.2 Å². The molecule has 13 heavy (non-hydrogen) atoms. The predicted octanol–water partition coefficient (Wildman–Crippen LogP) is -1.09. The summed E-state index contributed by atoms with van der Waals surface area (Å²) in [4.78, 5) is 0. The van der Waals surface area contributed by atoms with E-state index in [4.69, 9.17) is 10.4 Å². The van der Waals surface area contributed by atoms with E-state index >= 15 is 0 Å². The van der Waals surface area contributed by atoms with Crippen molar-refractivity contribution in [2.75, 3.05) is 4.72 Å². The largest absolute Gasteiger partial charge is 0.297 e. The second-order valence-electron chi connectivity index (χ2n) is 2.29. The van der Waals surface area contributed by atoms with E-state index in [1.807, 2.05) is 4.72 Å². The molecule has 70 valence electrons. The van der Waals surface area contributed by atoms with Gasteiger partial charge in [0, 0.05) is 7.05 Å². The topological polar surface area (TPSA) is 114 Å². The minimum atomic E-state index is -3.86. The standard InChI is InChI=1S/C5H7N5O2S/c1-10-5(9-13(7,11)12)4(2-6)3-8-10/h3,9H,1H3,(H2,7,11,12). The molecular formula is C5H7N5O2S. The lowest BCUT2D eigenvalue weighted by molar-refractivity contribution is 0.602. The fourth-order valence-corrected chi connectivity index (χ4v) is 1.29. The Kier molecular flexibility index (Phi) is 2.22. The number of hydrogen-bond donors (Lipinski definition) is 2. The van der Waals surface area contributed by atoms with Crippen molar-refractivity contribution in [3.8, 4) is 6.07 Å². The number of nitrogens with one attached hydrogen (secondary N) is 1. The van der Waals surface area contributed by atoms with Gasteiger partial charge in [-0.1, -0.05) is 0 Å². The number of nitriles is 1. The third-order valence-electron chi connectivity index (χ3n) is 1.30.